The van der Waals surface area contributed by atoms with Crippen molar-refractivity contribution in [2.24, 2.45) is 0 Å². The highest BCUT2D eigenvalue weighted by molar-refractivity contribution is 6.31. The Bertz CT molecular complexity index is 1300. The number of fused-ring (bicyclic) bond motifs is 1. The predicted molar refractivity (Wildman–Crippen MR) is 126 cm³/mol. The Morgan fingerprint density at radius 3 is 2.61 bits per heavy atom. The van der Waals surface area contributed by atoms with Crippen LogP contribution in [0.5, 0.6) is 5.75 Å². The lowest BCUT2D eigenvalue weighted by molar-refractivity contribution is -0.128. The Morgan fingerprint density at radius 1 is 1.06 bits per heavy atom. The Balaban J connectivity index is 1.46. The minimum absolute atomic E-state index is 0.0818. The van der Waals surface area contributed by atoms with E-state index in [1.807, 2.05) is 58.0 Å². The number of imidazole rings is 1. The molecule has 2 heterocycles. The standard InChI is InChI=1S/C26H23ClFN3O2/c1-33-19-11-9-17(10-12-19)14-30-15-18(13-25(30)32)26-29-23-7-2-3-8-24(23)31(26)16-20-21(27)5-4-6-22(20)28/h2-12,18H,13-16H2,1H3/t18-/m0/s1. The van der Waals surface area contributed by atoms with Crippen LogP contribution < -0.4 is 4.74 Å². The first-order valence-electron chi connectivity index (χ1n) is 10.8. The fraction of sp³-hybridized carbons (Fsp3) is 0.231. The summed E-state index contributed by atoms with van der Waals surface area (Å²) in [6, 6.07) is 20.2. The molecule has 168 valence electrons. The largest absolute Gasteiger partial charge is 0.497 e. The number of nitrogens with zero attached hydrogens (tertiary/aromatic N) is 3. The first kappa shape index (κ1) is 21.5. The normalized spacial score (nSPS) is 16.0. The fourth-order valence-electron chi connectivity index (χ4n) is 4.46. The van der Waals surface area contributed by atoms with E-state index in [2.05, 4.69) is 0 Å². The molecular formula is C26H23ClFN3O2. The van der Waals surface area contributed by atoms with Crippen LogP contribution in [0.2, 0.25) is 5.02 Å². The number of amides is 1. The van der Waals surface area contributed by atoms with Crippen molar-refractivity contribution in [2.45, 2.75) is 25.4 Å². The van der Waals surface area contributed by atoms with Gasteiger partial charge < -0.3 is 14.2 Å². The van der Waals surface area contributed by atoms with E-state index >= 15 is 0 Å². The van der Waals surface area contributed by atoms with Crippen LogP contribution in [0, 0.1) is 5.82 Å². The highest BCUT2D eigenvalue weighted by Crippen LogP contribution is 2.33. The van der Waals surface area contributed by atoms with Crippen molar-refractivity contribution >= 4 is 28.5 Å². The quantitative estimate of drug-likeness (QED) is 0.384. The molecule has 1 aliphatic rings. The van der Waals surface area contributed by atoms with Gasteiger partial charge in [-0.05, 0) is 42.0 Å². The van der Waals surface area contributed by atoms with Gasteiger partial charge in [0.15, 0.2) is 0 Å². The molecule has 7 heteroatoms. The number of benzene rings is 3. The lowest BCUT2D eigenvalue weighted by Gasteiger charge is -2.18. The molecule has 1 aliphatic heterocycles. The first-order chi connectivity index (χ1) is 16.0. The third-order valence-electron chi connectivity index (χ3n) is 6.17. The van der Waals surface area contributed by atoms with Crippen LogP contribution in [0.15, 0.2) is 66.7 Å². The number of carbonyl (C=O) groups is 1. The molecular weight excluding hydrogens is 441 g/mol. The Kier molecular flexibility index (Phi) is 5.77. The second kappa shape index (κ2) is 8.87. The summed E-state index contributed by atoms with van der Waals surface area (Å²) in [6.45, 7) is 1.34. The maximum atomic E-state index is 14.6. The minimum Gasteiger partial charge on any atom is -0.497 e. The number of para-hydroxylation sites is 2. The van der Waals surface area contributed by atoms with Crippen molar-refractivity contribution in [1.82, 2.24) is 14.5 Å². The molecule has 5 nitrogen and oxygen atoms in total. The molecule has 1 fully saturated rings. The summed E-state index contributed by atoms with van der Waals surface area (Å²) < 4.78 is 21.8. The summed E-state index contributed by atoms with van der Waals surface area (Å²) >= 11 is 6.32. The number of hydrogen-bond acceptors (Lipinski definition) is 3. The molecule has 1 atom stereocenters. The molecule has 0 unspecified atom stereocenters. The average molecular weight is 464 g/mol. The molecule has 1 aromatic heterocycles. The Labute approximate surface area is 196 Å². The highest BCUT2D eigenvalue weighted by atomic mass is 35.5. The predicted octanol–water partition coefficient (Wildman–Crippen LogP) is 5.40. The van der Waals surface area contributed by atoms with Gasteiger partial charge in [0.2, 0.25) is 5.91 Å². The minimum atomic E-state index is -0.352. The molecule has 5 rings (SSSR count). The Morgan fingerprint density at radius 2 is 1.85 bits per heavy atom. The molecule has 0 aliphatic carbocycles. The Hall–Kier alpha value is -3.38. The summed E-state index contributed by atoms with van der Waals surface area (Å²) in [4.78, 5) is 19.6. The maximum Gasteiger partial charge on any atom is 0.223 e. The molecule has 0 N–H and O–H groups in total. The average Bonchev–Trinajstić information content (AvgIpc) is 3.37. The second-order valence-corrected chi connectivity index (χ2v) is 8.68. The second-order valence-electron chi connectivity index (χ2n) is 8.27. The van der Waals surface area contributed by atoms with Crippen LogP contribution in [-0.4, -0.2) is 34.0 Å². The highest BCUT2D eigenvalue weighted by Gasteiger charge is 2.34. The molecule has 33 heavy (non-hydrogen) atoms. The van der Waals surface area contributed by atoms with Gasteiger partial charge in [-0.25, -0.2) is 9.37 Å². The van der Waals surface area contributed by atoms with E-state index in [4.69, 9.17) is 21.3 Å². The number of halogens is 2. The third-order valence-corrected chi connectivity index (χ3v) is 6.53. The van der Waals surface area contributed by atoms with E-state index in [-0.39, 0.29) is 24.2 Å². The van der Waals surface area contributed by atoms with Crippen molar-refractivity contribution in [2.75, 3.05) is 13.7 Å². The van der Waals surface area contributed by atoms with Crippen molar-refractivity contribution in [3.8, 4) is 5.75 Å². The van der Waals surface area contributed by atoms with Crippen LogP contribution in [0.25, 0.3) is 11.0 Å². The smallest absolute Gasteiger partial charge is 0.223 e. The number of methoxy groups -OCH3 is 1. The van der Waals surface area contributed by atoms with Gasteiger partial charge in [-0.3, -0.25) is 4.79 Å². The summed E-state index contributed by atoms with van der Waals surface area (Å²) in [5.74, 6) is 1.20. The molecule has 0 saturated carbocycles. The molecule has 0 radical (unpaired) electrons. The summed E-state index contributed by atoms with van der Waals surface area (Å²) in [5, 5.41) is 0.377. The van der Waals surface area contributed by atoms with Gasteiger partial charge in [0.05, 0.1) is 24.7 Å². The summed E-state index contributed by atoms with van der Waals surface area (Å²) in [7, 11) is 1.63. The van der Waals surface area contributed by atoms with Crippen molar-refractivity contribution in [3.63, 3.8) is 0 Å². The molecule has 3 aromatic carbocycles. The van der Waals surface area contributed by atoms with Gasteiger partial charge in [0.1, 0.15) is 17.4 Å². The van der Waals surface area contributed by atoms with Gasteiger partial charge in [0.25, 0.3) is 0 Å². The van der Waals surface area contributed by atoms with Gasteiger partial charge in [-0.1, -0.05) is 41.9 Å². The van der Waals surface area contributed by atoms with E-state index in [0.717, 1.165) is 28.2 Å². The molecule has 1 saturated heterocycles. The van der Waals surface area contributed by atoms with E-state index in [0.29, 0.717) is 30.1 Å². The van der Waals surface area contributed by atoms with Crippen LogP contribution in [-0.2, 0) is 17.9 Å². The van der Waals surface area contributed by atoms with Gasteiger partial charge in [-0.15, -0.1) is 0 Å². The van der Waals surface area contributed by atoms with Gasteiger partial charge in [-0.2, -0.15) is 0 Å². The van der Waals surface area contributed by atoms with Crippen LogP contribution in [0.3, 0.4) is 0 Å². The SMILES string of the molecule is COc1ccc(CN2C[C@@H](c3nc4ccccc4n3Cc3c(F)cccc3Cl)CC2=O)cc1. The lowest BCUT2D eigenvalue weighted by atomic mass is 10.1. The van der Waals surface area contributed by atoms with Crippen LogP contribution >= 0.6 is 11.6 Å². The van der Waals surface area contributed by atoms with Crippen molar-refractivity contribution in [3.05, 3.63) is 94.5 Å². The van der Waals surface area contributed by atoms with Crippen molar-refractivity contribution in [1.29, 1.82) is 0 Å². The van der Waals surface area contributed by atoms with E-state index in [1.165, 1.54) is 6.07 Å². The zero-order valence-electron chi connectivity index (χ0n) is 18.2. The first-order valence-corrected chi connectivity index (χ1v) is 11.2. The fourth-order valence-corrected chi connectivity index (χ4v) is 4.69. The topological polar surface area (TPSA) is 47.4 Å². The number of likely N-dealkylation sites (tertiary alicyclic amines) is 1. The number of ether oxygens (including phenoxy) is 1. The number of carbonyl (C=O) groups excluding carboxylic acids is 1. The third kappa shape index (κ3) is 4.18. The van der Waals surface area contributed by atoms with E-state index in [9.17, 15) is 9.18 Å². The zero-order valence-corrected chi connectivity index (χ0v) is 18.9. The van der Waals surface area contributed by atoms with Gasteiger partial charge >= 0.3 is 0 Å². The van der Waals surface area contributed by atoms with Gasteiger partial charge in [0, 0.05) is 36.0 Å². The number of aromatic nitrogens is 2. The van der Waals surface area contributed by atoms with E-state index < -0.39 is 0 Å². The summed E-state index contributed by atoms with van der Waals surface area (Å²) in [6.07, 6.45) is 0.366. The van der Waals surface area contributed by atoms with E-state index in [1.54, 1.807) is 19.2 Å². The summed E-state index contributed by atoms with van der Waals surface area (Å²) in [5.41, 5.74) is 3.17. The molecule has 4 aromatic rings. The van der Waals surface area contributed by atoms with Crippen LogP contribution in [0.1, 0.15) is 29.3 Å². The molecule has 0 spiro atoms. The zero-order chi connectivity index (χ0) is 22.9. The number of hydrogen-bond donors (Lipinski definition) is 0. The molecule has 1 amide bonds. The van der Waals surface area contributed by atoms with Crippen molar-refractivity contribution < 1.29 is 13.9 Å². The van der Waals surface area contributed by atoms with Crippen LogP contribution in [0.4, 0.5) is 4.39 Å². The number of rotatable bonds is 6. The monoisotopic (exact) mass is 463 g/mol. The lowest BCUT2D eigenvalue weighted by Crippen LogP contribution is -2.24. The molecule has 0 bridgehead atoms. The maximum absolute atomic E-state index is 14.6.